The van der Waals surface area contributed by atoms with Crippen LogP contribution in [0.15, 0.2) is 152 Å². The Balaban J connectivity index is 1.23. The standard InChI is InChI=1S/C47H48N6O6/c48-37(29-35-30-49-38-24-14-13-23-36(35)38)43(54)50-39(25-31-15-5-1-6-16-31)44(55)51-40(26-32-17-7-2-8-18-32)45(56)52-41(27-33-19-9-3-10-20-33)46(57)53-42(47(58)59)28-34-21-11-4-12-22-34/h1-24,30,37,39-42,49H,25-29,48H2,(H,50,54)(H,51,55)(H,52,56)(H,53,57)(H,58,59)/t37-,39-,40-,41-,42-/m0/s1. The van der Waals surface area contributed by atoms with Gasteiger partial charge in [0.1, 0.15) is 24.2 Å². The van der Waals surface area contributed by atoms with E-state index in [0.29, 0.717) is 5.56 Å². The van der Waals surface area contributed by atoms with Gasteiger partial charge in [0.15, 0.2) is 0 Å². The van der Waals surface area contributed by atoms with Gasteiger partial charge in [-0.3, -0.25) is 19.2 Å². The number of aromatic amines is 1. The number of aliphatic carboxylic acids is 1. The molecule has 1 aromatic heterocycles. The number of nitrogens with one attached hydrogen (secondary N) is 5. The van der Waals surface area contributed by atoms with Gasteiger partial charge >= 0.3 is 5.97 Å². The summed E-state index contributed by atoms with van der Waals surface area (Å²) in [5, 5.41) is 22.1. The van der Waals surface area contributed by atoms with E-state index in [1.54, 1.807) is 48.5 Å². The number of benzene rings is 5. The lowest BCUT2D eigenvalue weighted by atomic mass is 10.00. The SMILES string of the molecule is N[C@@H](Cc1c[nH]c2ccccc12)C(=O)N[C@@H](Cc1ccccc1)C(=O)N[C@@H](Cc1ccccc1)C(=O)N[C@@H](Cc1ccccc1)C(=O)N[C@@H](Cc1ccccc1)C(=O)O. The van der Waals surface area contributed by atoms with Gasteiger partial charge in [-0.05, 0) is 40.3 Å². The highest BCUT2D eigenvalue weighted by Gasteiger charge is 2.32. The molecule has 5 aromatic carbocycles. The van der Waals surface area contributed by atoms with Crippen molar-refractivity contribution >= 4 is 40.5 Å². The summed E-state index contributed by atoms with van der Waals surface area (Å²) in [6.07, 6.45) is 2.26. The number of nitrogens with two attached hydrogens (primary N) is 1. The maximum absolute atomic E-state index is 14.4. The molecule has 6 aromatic rings. The number of carboxylic acid groups (broad SMARTS) is 1. The molecule has 0 spiro atoms. The summed E-state index contributed by atoms with van der Waals surface area (Å²) in [5.74, 6) is -3.77. The zero-order valence-corrected chi connectivity index (χ0v) is 32.4. The van der Waals surface area contributed by atoms with E-state index in [0.717, 1.165) is 33.2 Å². The molecular weight excluding hydrogens is 745 g/mol. The number of carbonyl (C=O) groups is 5. The number of H-pyrrole nitrogens is 1. The molecule has 0 aliphatic rings. The highest BCUT2D eigenvalue weighted by Crippen LogP contribution is 2.19. The molecule has 0 fully saturated rings. The van der Waals surface area contributed by atoms with Crippen molar-refractivity contribution in [3.05, 3.63) is 180 Å². The Morgan fingerprint density at radius 1 is 0.458 bits per heavy atom. The molecule has 4 amide bonds. The summed E-state index contributed by atoms with van der Waals surface area (Å²) in [5.41, 5.74) is 11.1. The van der Waals surface area contributed by atoms with E-state index in [-0.39, 0.29) is 32.1 Å². The zero-order valence-electron chi connectivity index (χ0n) is 32.4. The third kappa shape index (κ3) is 12.0. The first kappa shape index (κ1) is 41.6. The first-order valence-electron chi connectivity index (χ1n) is 19.5. The molecule has 12 heteroatoms. The van der Waals surface area contributed by atoms with Crippen molar-refractivity contribution in [2.45, 2.75) is 62.3 Å². The average Bonchev–Trinajstić information content (AvgIpc) is 3.66. The van der Waals surface area contributed by atoms with Crippen LogP contribution in [0.1, 0.15) is 27.8 Å². The first-order chi connectivity index (χ1) is 28.6. The predicted molar refractivity (Wildman–Crippen MR) is 226 cm³/mol. The van der Waals surface area contributed by atoms with Crippen molar-refractivity contribution in [2.24, 2.45) is 5.73 Å². The Morgan fingerprint density at radius 3 is 1.20 bits per heavy atom. The number of hydrogen-bond acceptors (Lipinski definition) is 6. The number of amides is 4. The second-order valence-electron chi connectivity index (χ2n) is 14.5. The molecule has 0 unspecified atom stereocenters. The van der Waals surface area contributed by atoms with E-state index in [2.05, 4.69) is 26.3 Å². The van der Waals surface area contributed by atoms with Crippen LogP contribution in [0.4, 0.5) is 0 Å². The van der Waals surface area contributed by atoms with Crippen LogP contribution in [-0.4, -0.2) is 69.9 Å². The lowest BCUT2D eigenvalue weighted by Gasteiger charge is -2.27. The van der Waals surface area contributed by atoms with Crippen LogP contribution < -0.4 is 27.0 Å². The molecule has 0 aliphatic carbocycles. The molecule has 0 radical (unpaired) electrons. The molecule has 5 atom stereocenters. The Bertz CT molecular complexity index is 2320. The Labute approximate surface area is 342 Å². The summed E-state index contributed by atoms with van der Waals surface area (Å²) in [4.78, 5) is 71.8. The molecule has 59 heavy (non-hydrogen) atoms. The molecule has 0 saturated heterocycles. The Kier molecular flexibility index (Phi) is 14.4. The summed E-state index contributed by atoms with van der Waals surface area (Å²) in [6.45, 7) is 0. The number of carbonyl (C=O) groups excluding carboxylic acids is 4. The van der Waals surface area contributed by atoms with Gasteiger partial charge in [-0.25, -0.2) is 4.79 Å². The topological polar surface area (TPSA) is 196 Å². The maximum atomic E-state index is 14.4. The van der Waals surface area contributed by atoms with Gasteiger partial charge in [-0.1, -0.05) is 140 Å². The van der Waals surface area contributed by atoms with E-state index in [9.17, 15) is 29.1 Å². The fourth-order valence-corrected chi connectivity index (χ4v) is 6.95. The van der Waals surface area contributed by atoms with E-state index >= 15 is 0 Å². The second-order valence-corrected chi connectivity index (χ2v) is 14.5. The van der Waals surface area contributed by atoms with Crippen LogP contribution in [0.3, 0.4) is 0 Å². The fraction of sp³-hybridized carbons (Fsp3) is 0.213. The summed E-state index contributed by atoms with van der Waals surface area (Å²) in [6, 6.07) is 38.1. The van der Waals surface area contributed by atoms with Crippen LogP contribution >= 0.6 is 0 Å². The summed E-state index contributed by atoms with van der Waals surface area (Å²) >= 11 is 0. The lowest BCUT2D eigenvalue weighted by Crippen LogP contribution is -2.59. The second kappa shape index (κ2) is 20.4. The van der Waals surface area contributed by atoms with Crippen molar-refractivity contribution in [3.63, 3.8) is 0 Å². The van der Waals surface area contributed by atoms with E-state index in [1.165, 1.54) is 0 Å². The number of rotatable bonds is 19. The number of fused-ring (bicyclic) bond motifs is 1. The van der Waals surface area contributed by atoms with Crippen LogP contribution in [0.2, 0.25) is 0 Å². The van der Waals surface area contributed by atoms with Crippen molar-refractivity contribution in [2.75, 3.05) is 0 Å². The van der Waals surface area contributed by atoms with Crippen LogP contribution in [0, 0.1) is 0 Å². The Morgan fingerprint density at radius 2 is 0.797 bits per heavy atom. The lowest BCUT2D eigenvalue weighted by molar-refractivity contribution is -0.142. The maximum Gasteiger partial charge on any atom is 0.326 e. The molecule has 12 nitrogen and oxygen atoms in total. The van der Waals surface area contributed by atoms with Gasteiger partial charge in [-0.2, -0.15) is 0 Å². The largest absolute Gasteiger partial charge is 0.480 e. The van der Waals surface area contributed by atoms with Crippen molar-refractivity contribution in [1.82, 2.24) is 26.3 Å². The quantitative estimate of drug-likeness (QED) is 0.0643. The van der Waals surface area contributed by atoms with Gasteiger partial charge in [0.05, 0.1) is 6.04 Å². The van der Waals surface area contributed by atoms with Gasteiger partial charge in [0.2, 0.25) is 23.6 Å². The smallest absolute Gasteiger partial charge is 0.326 e. The number of hydrogen-bond donors (Lipinski definition) is 7. The molecule has 302 valence electrons. The van der Waals surface area contributed by atoms with Gasteiger partial charge < -0.3 is 37.1 Å². The monoisotopic (exact) mass is 792 g/mol. The summed E-state index contributed by atoms with van der Waals surface area (Å²) < 4.78 is 0. The van der Waals surface area contributed by atoms with Crippen molar-refractivity contribution < 1.29 is 29.1 Å². The number of aromatic nitrogens is 1. The summed E-state index contributed by atoms with van der Waals surface area (Å²) in [7, 11) is 0. The Hall–Kier alpha value is -7.05. The number of carboxylic acids is 1. The van der Waals surface area contributed by atoms with Crippen LogP contribution in [0.25, 0.3) is 10.9 Å². The molecule has 8 N–H and O–H groups in total. The molecule has 1 heterocycles. The minimum absolute atomic E-state index is 0.0283. The van der Waals surface area contributed by atoms with Gasteiger partial charge in [0, 0.05) is 42.8 Å². The predicted octanol–water partition coefficient (Wildman–Crippen LogP) is 4.03. The molecule has 0 bridgehead atoms. The third-order valence-electron chi connectivity index (χ3n) is 10.1. The minimum Gasteiger partial charge on any atom is -0.480 e. The van der Waals surface area contributed by atoms with Gasteiger partial charge in [0.25, 0.3) is 0 Å². The molecule has 0 aliphatic heterocycles. The highest BCUT2D eigenvalue weighted by molar-refractivity contribution is 5.96. The number of para-hydroxylation sites is 1. The fourth-order valence-electron chi connectivity index (χ4n) is 6.95. The van der Waals surface area contributed by atoms with Crippen LogP contribution in [-0.2, 0) is 56.1 Å². The highest BCUT2D eigenvalue weighted by atomic mass is 16.4. The first-order valence-corrected chi connectivity index (χ1v) is 19.5. The molecule has 6 rings (SSSR count). The van der Waals surface area contributed by atoms with E-state index in [1.807, 2.05) is 103 Å². The van der Waals surface area contributed by atoms with Gasteiger partial charge in [-0.15, -0.1) is 0 Å². The van der Waals surface area contributed by atoms with E-state index < -0.39 is 59.8 Å². The zero-order chi connectivity index (χ0) is 41.6. The third-order valence-corrected chi connectivity index (χ3v) is 10.1. The molecule has 0 saturated carbocycles. The molecular formula is C47H48N6O6. The van der Waals surface area contributed by atoms with E-state index in [4.69, 9.17) is 5.73 Å². The normalized spacial score (nSPS) is 13.6. The van der Waals surface area contributed by atoms with Crippen molar-refractivity contribution in [1.29, 1.82) is 0 Å². The average molecular weight is 793 g/mol. The minimum atomic E-state index is -1.27. The van der Waals surface area contributed by atoms with Crippen molar-refractivity contribution in [3.8, 4) is 0 Å². The van der Waals surface area contributed by atoms with Crippen LogP contribution in [0.5, 0.6) is 0 Å².